The van der Waals surface area contributed by atoms with Crippen molar-refractivity contribution in [3.05, 3.63) is 34.4 Å². The summed E-state index contributed by atoms with van der Waals surface area (Å²) in [5.41, 5.74) is 5.48. The minimum Gasteiger partial charge on any atom is -0.372 e. The van der Waals surface area contributed by atoms with Gasteiger partial charge in [-0.3, -0.25) is 0 Å². The minimum absolute atomic E-state index is 0.802. The molecule has 0 N–H and O–H groups in total. The summed E-state index contributed by atoms with van der Waals surface area (Å²) in [6.45, 7) is 5.90. The molecule has 0 saturated carbocycles. The third kappa shape index (κ3) is 1.05. The molecule has 0 amide bonds. The van der Waals surface area contributed by atoms with Crippen LogP contribution in [0, 0.1) is 13.8 Å². The Labute approximate surface area is 67.0 Å². The van der Waals surface area contributed by atoms with Crippen molar-refractivity contribution in [1.29, 1.82) is 0 Å². The van der Waals surface area contributed by atoms with Crippen LogP contribution in [0.1, 0.15) is 22.3 Å². The summed E-state index contributed by atoms with van der Waals surface area (Å²) in [6.07, 6.45) is 0. The van der Waals surface area contributed by atoms with E-state index >= 15 is 0 Å². The maximum atomic E-state index is 5.32. The van der Waals surface area contributed by atoms with Crippen LogP contribution in [-0.4, -0.2) is 0 Å². The van der Waals surface area contributed by atoms with Crippen molar-refractivity contribution in [2.45, 2.75) is 27.1 Å². The Bertz CT molecular complexity index is 260. The van der Waals surface area contributed by atoms with Gasteiger partial charge in [-0.25, -0.2) is 0 Å². The van der Waals surface area contributed by atoms with Crippen LogP contribution in [0.3, 0.4) is 0 Å². The molecule has 1 aliphatic heterocycles. The molecule has 1 heteroatoms. The molecule has 1 aromatic carbocycles. The summed E-state index contributed by atoms with van der Waals surface area (Å²) in [7, 11) is 0. The molecule has 0 bridgehead atoms. The van der Waals surface area contributed by atoms with Crippen LogP contribution in [0.2, 0.25) is 0 Å². The van der Waals surface area contributed by atoms with Gasteiger partial charge < -0.3 is 4.74 Å². The second kappa shape index (κ2) is 2.35. The molecule has 0 atom stereocenters. The lowest BCUT2D eigenvalue weighted by Gasteiger charge is -2.02. The van der Waals surface area contributed by atoms with Crippen LogP contribution < -0.4 is 0 Å². The normalized spacial score (nSPS) is 15.1. The molecule has 1 nitrogen and oxygen atoms in total. The van der Waals surface area contributed by atoms with Crippen molar-refractivity contribution in [3.63, 3.8) is 0 Å². The van der Waals surface area contributed by atoms with E-state index in [1.807, 2.05) is 0 Å². The number of fused-ring (bicyclic) bond motifs is 1. The van der Waals surface area contributed by atoms with Crippen molar-refractivity contribution in [2.24, 2.45) is 0 Å². The van der Waals surface area contributed by atoms with Gasteiger partial charge in [0.2, 0.25) is 0 Å². The maximum Gasteiger partial charge on any atom is 0.0725 e. The lowest BCUT2D eigenvalue weighted by atomic mass is 10.0. The fourth-order valence-electron chi connectivity index (χ4n) is 1.48. The highest BCUT2D eigenvalue weighted by Gasteiger charge is 2.11. The van der Waals surface area contributed by atoms with E-state index in [1.165, 1.54) is 22.3 Å². The van der Waals surface area contributed by atoms with Crippen LogP contribution in [0.4, 0.5) is 0 Å². The number of aryl methyl sites for hydroxylation is 2. The lowest BCUT2D eigenvalue weighted by molar-refractivity contribution is 0.134. The summed E-state index contributed by atoms with van der Waals surface area (Å²) in [5, 5.41) is 0. The fourth-order valence-corrected chi connectivity index (χ4v) is 1.48. The molecule has 1 heterocycles. The van der Waals surface area contributed by atoms with Gasteiger partial charge in [-0.05, 0) is 36.1 Å². The van der Waals surface area contributed by atoms with Crippen molar-refractivity contribution in [1.82, 2.24) is 0 Å². The maximum absolute atomic E-state index is 5.32. The number of hydrogen-bond donors (Lipinski definition) is 0. The summed E-state index contributed by atoms with van der Waals surface area (Å²) < 4.78 is 5.32. The molecule has 0 unspecified atom stereocenters. The molecule has 1 aliphatic rings. The van der Waals surface area contributed by atoms with Crippen LogP contribution in [0.15, 0.2) is 12.1 Å². The molecule has 0 saturated heterocycles. The third-order valence-corrected chi connectivity index (χ3v) is 2.33. The van der Waals surface area contributed by atoms with Gasteiger partial charge in [0.25, 0.3) is 0 Å². The molecular weight excluding hydrogens is 136 g/mol. The first kappa shape index (κ1) is 6.86. The Balaban J connectivity index is 2.57. The average Bonchev–Trinajstić information content (AvgIpc) is 2.36. The summed E-state index contributed by atoms with van der Waals surface area (Å²) in [6, 6.07) is 4.47. The monoisotopic (exact) mass is 148 g/mol. The van der Waals surface area contributed by atoms with E-state index in [0.29, 0.717) is 0 Å². The van der Waals surface area contributed by atoms with Crippen molar-refractivity contribution >= 4 is 0 Å². The van der Waals surface area contributed by atoms with Crippen LogP contribution in [-0.2, 0) is 18.0 Å². The predicted octanol–water partition coefficient (Wildman–Crippen LogP) is 2.33. The Morgan fingerprint density at radius 3 is 1.91 bits per heavy atom. The largest absolute Gasteiger partial charge is 0.372 e. The Morgan fingerprint density at radius 2 is 1.45 bits per heavy atom. The highest BCUT2D eigenvalue weighted by Crippen LogP contribution is 2.22. The quantitative estimate of drug-likeness (QED) is 0.548. The van der Waals surface area contributed by atoms with Crippen LogP contribution in [0.25, 0.3) is 0 Å². The van der Waals surface area contributed by atoms with Gasteiger partial charge in [-0.15, -0.1) is 0 Å². The lowest BCUT2D eigenvalue weighted by Crippen LogP contribution is -1.87. The second-order valence-corrected chi connectivity index (χ2v) is 3.20. The molecular formula is C10H12O. The smallest absolute Gasteiger partial charge is 0.0725 e. The van der Waals surface area contributed by atoms with Gasteiger partial charge in [-0.1, -0.05) is 12.1 Å². The zero-order valence-electron chi connectivity index (χ0n) is 6.98. The number of rotatable bonds is 0. The molecule has 11 heavy (non-hydrogen) atoms. The topological polar surface area (TPSA) is 9.23 Å². The molecule has 0 spiro atoms. The summed E-state index contributed by atoms with van der Waals surface area (Å²) >= 11 is 0. The Hall–Kier alpha value is -0.820. The van der Waals surface area contributed by atoms with Crippen LogP contribution >= 0.6 is 0 Å². The molecule has 0 aliphatic carbocycles. The summed E-state index contributed by atoms with van der Waals surface area (Å²) in [5.74, 6) is 0. The van der Waals surface area contributed by atoms with E-state index < -0.39 is 0 Å². The SMILES string of the molecule is Cc1cc2c(cc1C)COC2. The molecule has 0 radical (unpaired) electrons. The predicted molar refractivity (Wildman–Crippen MR) is 44.4 cm³/mol. The molecule has 1 aromatic rings. The van der Waals surface area contributed by atoms with Crippen LogP contribution in [0.5, 0.6) is 0 Å². The standard InChI is InChI=1S/C10H12O/c1-7-3-9-5-11-6-10(9)4-8(7)2/h3-4H,5-6H2,1-2H3. The highest BCUT2D eigenvalue weighted by atomic mass is 16.5. The van der Waals surface area contributed by atoms with E-state index in [1.54, 1.807) is 0 Å². The van der Waals surface area contributed by atoms with Gasteiger partial charge in [0.05, 0.1) is 13.2 Å². The number of ether oxygens (including phenoxy) is 1. The zero-order chi connectivity index (χ0) is 7.84. The third-order valence-electron chi connectivity index (χ3n) is 2.33. The van der Waals surface area contributed by atoms with Gasteiger partial charge in [-0.2, -0.15) is 0 Å². The first-order valence-corrected chi connectivity index (χ1v) is 3.94. The second-order valence-electron chi connectivity index (χ2n) is 3.20. The Kier molecular flexibility index (Phi) is 1.46. The zero-order valence-corrected chi connectivity index (χ0v) is 6.98. The summed E-state index contributed by atoms with van der Waals surface area (Å²) in [4.78, 5) is 0. The number of hydrogen-bond acceptors (Lipinski definition) is 1. The first-order chi connectivity index (χ1) is 5.27. The Morgan fingerprint density at radius 1 is 1.00 bits per heavy atom. The van der Waals surface area contributed by atoms with E-state index in [-0.39, 0.29) is 0 Å². The molecule has 0 aromatic heterocycles. The van der Waals surface area contributed by atoms with E-state index in [9.17, 15) is 0 Å². The first-order valence-electron chi connectivity index (χ1n) is 3.94. The van der Waals surface area contributed by atoms with Gasteiger partial charge in [0.15, 0.2) is 0 Å². The molecule has 2 rings (SSSR count). The minimum atomic E-state index is 0.802. The van der Waals surface area contributed by atoms with Gasteiger partial charge in [0.1, 0.15) is 0 Å². The average molecular weight is 148 g/mol. The van der Waals surface area contributed by atoms with Gasteiger partial charge >= 0.3 is 0 Å². The number of benzene rings is 1. The fraction of sp³-hybridized carbons (Fsp3) is 0.400. The van der Waals surface area contributed by atoms with E-state index in [2.05, 4.69) is 26.0 Å². The van der Waals surface area contributed by atoms with E-state index in [0.717, 1.165) is 13.2 Å². The van der Waals surface area contributed by atoms with Gasteiger partial charge in [0, 0.05) is 0 Å². The molecule has 0 fully saturated rings. The van der Waals surface area contributed by atoms with Crippen molar-refractivity contribution < 1.29 is 4.74 Å². The van der Waals surface area contributed by atoms with Crippen molar-refractivity contribution in [3.8, 4) is 0 Å². The highest BCUT2D eigenvalue weighted by molar-refractivity contribution is 5.37. The van der Waals surface area contributed by atoms with Crippen molar-refractivity contribution in [2.75, 3.05) is 0 Å². The van der Waals surface area contributed by atoms with E-state index in [4.69, 9.17) is 4.74 Å². The molecule has 58 valence electrons.